The molecule has 1 amide bonds. The van der Waals surface area contributed by atoms with Gasteiger partial charge in [-0.05, 0) is 58.2 Å². The van der Waals surface area contributed by atoms with Crippen molar-refractivity contribution in [1.29, 1.82) is 0 Å². The monoisotopic (exact) mass is 324 g/mol. The molecule has 0 N–H and O–H groups in total. The van der Waals surface area contributed by atoms with Gasteiger partial charge in [0.25, 0.3) is 0 Å². The summed E-state index contributed by atoms with van der Waals surface area (Å²) in [4.78, 5) is 18.0. The number of aromatic nitrogens is 1. The number of carbonyl (C=O) groups is 1. The number of pyridine rings is 1. The van der Waals surface area contributed by atoms with Gasteiger partial charge in [0.15, 0.2) is 0 Å². The summed E-state index contributed by atoms with van der Waals surface area (Å²) in [5.74, 6) is 0. The highest BCUT2D eigenvalue weighted by atomic mass is 32.2. The van der Waals surface area contributed by atoms with Gasteiger partial charge in [0, 0.05) is 19.3 Å². The second-order valence-corrected chi connectivity index (χ2v) is 8.34. The van der Waals surface area contributed by atoms with Crippen LogP contribution in [-0.2, 0) is 15.5 Å². The maximum atomic E-state index is 12.7. The molecule has 0 saturated carbocycles. The van der Waals surface area contributed by atoms with Crippen LogP contribution in [0.2, 0.25) is 0 Å². The maximum absolute atomic E-state index is 12.7. The Morgan fingerprint density at radius 1 is 1.45 bits per heavy atom. The fourth-order valence-electron chi connectivity index (χ4n) is 2.39. The van der Waals surface area contributed by atoms with Crippen LogP contribution in [0.25, 0.3) is 0 Å². The molecule has 122 valence electrons. The molecule has 1 aliphatic heterocycles. The number of aryl methyl sites for hydroxylation is 1. The highest BCUT2D eigenvalue weighted by Gasteiger charge is 2.31. The molecule has 1 aromatic rings. The molecular formula is C16H24N2O3S. The number of likely N-dealkylation sites (tertiary alicyclic amines) is 1. The van der Waals surface area contributed by atoms with Crippen molar-refractivity contribution in [3.05, 3.63) is 23.9 Å². The Kier molecular flexibility index (Phi) is 5.21. The van der Waals surface area contributed by atoms with Gasteiger partial charge in [0.2, 0.25) is 0 Å². The molecule has 0 aromatic carbocycles. The molecule has 2 atom stereocenters. The van der Waals surface area contributed by atoms with Crippen molar-refractivity contribution in [3.8, 4) is 0 Å². The van der Waals surface area contributed by atoms with Crippen molar-refractivity contribution in [1.82, 2.24) is 9.88 Å². The Morgan fingerprint density at radius 2 is 2.18 bits per heavy atom. The second kappa shape index (κ2) is 6.77. The lowest BCUT2D eigenvalue weighted by molar-refractivity contribution is 0.0219. The number of hydrogen-bond donors (Lipinski definition) is 0. The minimum atomic E-state index is -1.20. The number of rotatable bonds is 2. The smallest absolute Gasteiger partial charge is 0.410 e. The highest BCUT2D eigenvalue weighted by molar-refractivity contribution is 7.85. The van der Waals surface area contributed by atoms with Gasteiger partial charge in [-0.3, -0.25) is 4.21 Å². The molecule has 5 nitrogen and oxygen atoms in total. The van der Waals surface area contributed by atoms with Gasteiger partial charge < -0.3 is 9.64 Å². The van der Waals surface area contributed by atoms with E-state index in [2.05, 4.69) is 4.98 Å². The third-order valence-electron chi connectivity index (χ3n) is 3.43. The van der Waals surface area contributed by atoms with E-state index in [1.807, 2.05) is 39.8 Å². The van der Waals surface area contributed by atoms with Crippen LogP contribution < -0.4 is 0 Å². The number of nitrogens with zero attached hydrogens (tertiary/aromatic N) is 2. The summed E-state index contributed by atoms with van der Waals surface area (Å²) >= 11 is 0. The molecule has 2 heterocycles. The Hall–Kier alpha value is -1.43. The average Bonchev–Trinajstić information content (AvgIpc) is 2.45. The predicted molar refractivity (Wildman–Crippen MR) is 86.2 cm³/mol. The molecule has 0 spiro atoms. The number of carbonyl (C=O) groups excluding carboxylic acids is 1. The zero-order valence-electron chi connectivity index (χ0n) is 13.7. The normalized spacial score (nSPS) is 20.5. The standard InChI is InChI=1S/C16H24N2O3S/c1-12-7-8-17-14(10-12)22(20)13-6-5-9-18(11-13)15(19)21-16(2,3)4/h7-8,10,13H,5-6,9,11H2,1-4H3/t13-,22+/m0/s1. The summed E-state index contributed by atoms with van der Waals surface area (Å²) in [7, 11) is -1.20. The van der Waals surface area contributed by atoms with Gasteiger partial charge in [-0.1, -0.05) is 0 Å². The number of piperidine rings is 1. The molecule has 0 unspecified atom stereocenters. The molecule has 0 bridgehead atoms. The highest BCUT2D eigenvalue weighted by Crippen LogP contribution is 2.21. The van der Waals surface area contributed by atoms with E-state index < -0.39 is 16.4 Å². The summed E-state index contributed by atoms with van der Waals surface area (Å²) in [6.07, 6.45) is 3.02. The van der Waals surface area contributed by atoms with Crippen LogP contribution in [-0.4, -0.2) is 44.1 Å². The summed E-state index contributed by atoms with van der Waals surface area (Å²) in [6.45, 7) is 8.61. The first-order valence-electron chi connectivity index (χ1n) is 7.57. The Labute approximate surface area is 134 Å². The van der Waals surface area contributed by atoms with E-state index in [0.29, 0.717) is 18.1 Å². The third kappa shape index (κ3) is 4.53. The van der Waals surface area contributed by atoms with Gasteiger partial charge in [-0.15, -0.1) is 0 Å². The molecule has 1 saturated heterocycles. The zero-order valence-corrected chi connectivity index (χ0v) is 14.5. The Morgan fingerprint density at radius 3 is 2.82 bits per heavy atom. The molecule has 1 fully saturated rings. The van der Waals surface area contributed by atoms with Crippen molar-refractivity contribution in [3.63, 3.8) is 0 Å². The Balaban J connectivity index is 2.04. The van der Waals surface area contributed by atoms with E-state index in [9.17, 15) is 9.00 Å². The van der Waals surface area contributed by atoms with E-state index in [1.165, 1.54) is 0 Å². The van der Waals surface area contributed by atoms with Crippen LogP contribution in [0.3, 0.4) is 0 Å². The van der Waals surface area contributed by atoms with Gasteiger partial charge in [0.1, 0.15) is 10.6 Å². The topological polar surface area (TPSA) is 59.5 Å². The molecule has 0 radical (unpaired) electrons. The largest absolute Gasteiger partial charge is 0.444 e. The average molecular weight is 324 g/mol. The molecule has 6 heteroatoms. The maximum Gasteiger partial charge on any atom is 0.410 e. The lowest BCUT2D eigenvalue weighted by atomic mass is 10.1. The van der Waals surface area contributed by atoms with Crippen molar-refractivity contribution in [2.45, 2.75) is 56.4 Å². The second-order valence-electron chi connectivity index (χ2n) is 6.66. The predicted octanol–water partition coefficient (Wildman–Crippen LogP) is 2.90. The first kappa shape index (κ1) is 16.9. The molecular weight excluding hydrogens is 300 g/mol. The minimum Gasteiger partial charge on any atom is -0.444 e. The number of ether oxygens (including phenoxy) is 1. The first-order chi connectivity index (χ1) is 10.3. The third-order valence-corrected chi connectivity index (χ3v) is 5.05. The van der Waals surface area contributed by atoms with E-state index >= 15 is 0 Å². The molecule has 1 aliphatic rings. The minimum absolute atomic E-state index is 0.0874. The van der Waals surface area contributed by atoms with Gasteiger partial charge >= 0.3 is 6.09 Å². The number of hydrogen-bond acceptors (Lipinski definition) is 4. The molecule has 2 rings (SSSR count). The van der Waals surface area contributed by atoms with Crippen LogP contribution in [0.1, 0.15) is 39.2 Å². The lowest BCUT2D eigenvalue weighted by Crippen LogP contribution is -2.45. The van der Waals surface area contributed by atoms with Crippen molar-refractivity contribution < 1.29 is 13.7 Å². The molecule has 22 heavy (non-hydrogen) atoms. The van der Waals surface area contributed by atoms with E-state index in [4.69, 9.17) is 4.74 Å². The number of amides is 1. The van der Waals surface area contributed by atoms with Gasteiger partial charge in [-0.25, -0.2) is 9.78 Å². The summed E-state index contributed by atoms with van der Waals surface area (Å²) in [5.41, 5.74) is 0.527. The van der Waals surface area contributed by atoms with Crippen LogP contribution in [0.15, 0.2) is 23.4 Å². The quantitative estimate of drug-likeness (QED) is 0.839. The van der Waals surface area contributed by atoms with Gasteiger partial charge in [0.05, 0.1) is 16.0 Å². The van der Waals surface area contributed by atoms with Crippen LogP contribution in [0, 0.1) is 6.92 Å². The fourth-order valence-corrected chi connectivity index (χ4v) is 3.90. The summed E-state index contributed by atoms with van der Waals surface area (Å²) in [5, 5.41) is 0.506. The first-order valence-corrected chi connectivity index (χ1v) is 8.79. The van der Waals surface area contributed by atoms with Crippen LogP contribution in [0.4, 0.5) is 4.79 Å². The van der Waals surface area contributed by atoms with Crippen molar-refractivity contribution in [2.75, 3.05) is 13.1 Å². The van der Waals surface area contributed by atoms with E-state index in [-0.39, 0.29) is 11.3 Å². The van der Waals surface area contributed by atoms with Crippen LogP contribution in [0.5, 0.6) is 0 Å². The van der Waals surface area contributed by atoms with Crippen molar-refractivity contribution >= 4 is 16.9 Å². The summed E-state index contributed by atoms with van der Waals surface area (Å²) in [6, 6.07) is 3.73. The molecule has 1 aromatic heterocycles. The van der Waals surface area contributed by atoms with Gasteiger partial charge in [-0.2, -0.15) is 0 Å². The fraction of sp³-hybridized carbons (Fsp3) is 0.625. The summed E-state index contributed by atoms with van der Waals surface area (Å²) < 4.78 is 18.1. The zero-order chi connectivity index (χ0) is 16.3. The molecule has 0 aliphatic carbocycles. The van der Waals surface area contributed by atoms with Crippen molar-refractivity contribution in [2.24, 2.45) is 0 Å². The van der Waals surface area contributed by atoms with E-state index in [0.717, 1.165) is 18.4 Å². The Bertz CT molecular complexity index is 569. The SMILES string of the molecule is Cc1ccnc([S@](=O)[C@H]2CCCN(C(=O)OC(C)(C)C)C2)c1. The van der Waals surface area contributed by atoms with E-state index in [1.54, 1.807) is 11.1 Å². The van der Waals surface area contributed by atoms with Crippen LogP contribution >= 0.6 is 0 Å². The lowest BCUT2D eigenvalue weighted by Gasteiger charge is -2.33.